The van der Waals surface area contributed by atoms with Crippen LogP contribution in [0, 0.1) is 0 Å². The molecular weight excluding hydrogens is 438 g/mol. The van der Waals surface area contributed by atoms with Gasteiger partial charge in [-0.05, 0) is 42.8 Å². The number of carbonyl (C=O) groups excluding carboxylic acids is 1. The summed E-state index contributed by atoms with van der Waals surface area (Å²) >= 11 is 4.23. The summed E-state index contributed by atoms with van der Waals surface area (Å²) in [5.41, 5.74) is 0.766. The third-order valence-corrected chi connectivity index (χ3v) is 8.06. The summed E-state index contributed by atoms with van der Waals surface area (Å²) in [7, 11) is 3.84. The summed E-state index contributed by atoms with van der Waals surface area (Å²) in [5.74, 6) is -0.104. The van der Waals surface area contributed by atoms with Crippen molar-refractivity contribution in [3.63, 3.8) is 0 Å². The Balaban J connectivity index is 1.94. The van der Waals surface area contributed by atoms with Crippen molar-refractivity contribution in [2.75, 3.05) is 13.6 Å². The average Bonchev–Trinajstić information content (AvgIpc) is 3.38. The van der Waals surface area contributed by atoms with Crippen LogP contribution in [0.1, 0.15) is 13.8 Å². The standard InChI is InChI=1S/C20H22N5O2S3/c1-5-24-16(26)14(13-9-7-8-10-22(13)3)29-18(24)15-17(27)25(6-2)20(30-15)21-19-23(4)11-12-28-19/h7-12H,5-6H2,1-4H3/q+1. The summed E-state index contributed by atoms with van der Waals surface area (Å²) in [4.78, 5) is 35.2. The molecule has 1 saturated heterocycles. The SMILES string of the molecule is CCN1C(=O)C(=c2sc(=C3C=CC=CN3C)c(=O)n2CC)SC1=Nc1scc[n+]1C. The number of allylic oxidation sites excluding steroid dienone is 2. The second kappa shape index (κ2) is 8.37. The van der Waals surface area contributed by atoms with E-state index in [0.29, 0.717) is 32.4 Å². The van der Waals surface area contributed by atoms with Gasteiger partial charge in [0.1, 0.15) is 20.3 Å². The maximum Gasteiger partial charge on any atom is 0.384 e. The number of hydrogen-bond donors (Lipinski definition) is 0. The maximum absolute atomic E-state index is 13.2. The Morgan fingerprint density at radius 2 is 1.97 bits per heavy atom. The molecule has 4 rings (SSSR count). The molecule has 0 aromatic carbocycles. The average molecular weight is 461 g/mol. The Morgan fingerprint density at radius 1 is 1.17 bits per heavy atom. The lowest BCUT2D eigenvalue weighted by Gasteiger charge is -2.16. The number of nitrogens with zero attached hydrogens (tertiary/aromatic N) is 5. The lowest BCUT2D eigenvalue weighted by Crippen LogP contribution is -2.35. The predicted molar refractivity (Wildman–Crippen MR) is 124 cm³/mol. The van der Waals surface area contributed by atoms with Crippen molar-refractivity contribution in [2.45, 2.75) is 20.4 Å². The molecule has 2 aliphatic heterocycles. The Bertz CT molecular complexity index is 1280. The number of aromatic nitrogens is 2. The van der Waals surface area contributed by atoms with Crippen molar-refractivity contribution >= 4 is 61.2 Å². The van der Waals surface area contributed by atoms with E-state index >= 15 is 0 Å². The molecule has 10 heteroatoms. The molecule has 0 radical (unpaired) electrons. The molecule has 0 aliphatic carbocycles. The number of amidine groups is 1. The third kappa shape index (κ3) is 3.48. The molecule has 0 N–H and O–H groups in total. The van der Waals surface area contributed by atoms with Gasteiger partial charge in [-0.1, -0.05) is 17.4 Å². The van der Waals surface area contributed by atoms with Crippen LogP contribution < -0.4 is 19.3 Å². The number of hydrogen-bond acceptors (Lipinski definition) is 7. The van der Waals surface area contributed by atoms with Crippen molar-refractivity contribution in [1.29, 1.82) is 0 Å². The van der Waals surface area contributed by atoms with Gasteiger partial charge in [-0.3, -0.25) is 19.1 Å². The van der Waals surface area contributed by atoms with E-state index < -0.39 is 0 Å². The van der Waals surface area contributed by atoms with Crippen molar-refractivity contribution < 1.29 is 9.36 Å². The van der Waals surface area contributed by atoms with Gasteiger partial charge in [0.2, 0.25) is 0 Å². The first kappa shape index (κ1) is 20.8. The Morgan fingerprint density at radius 3 is 2.60 bits per heavy atom. The molecule has 4 heterocycles. The number of thiazole rings is 2. The van der Waals surface area contributed by atoms with E-state index in [2.05, 4.69) is 0 Å². The summed E-state index contributed by atoms with van der Waals surface area (Å²) in [6, 6.07) is 0. The molecule has 0 atom stereocenters. The molecule has 2 aromatic heterocycles. The smallest absolute Gasteiger partial charge is 0.350 e. The second-order valence-electron chi connectivity index (χ2n) is 6.65. The Labute approximate surface area is 186 Å². The quantitative estimate of drug-likeness (QED) is 0.649. The maximum atomic E-state index is 13.2. The molecular formula is C20H22N5O2S3+. The molecule has 0 spiro atoms. The fraction of sp³-hybridized carbons (Fsp3) is 0.300. The molecule has 156 valence electrons. The molecule has 1 fully saturated rings. The van der Waals surface area contributed by atoms with E-state index in [1.54, 1.807) is 9.47 Å². The number of carbonyl (C=O) groups is 1. The first-order valence-corrected chi connectivity index (χ1v) is 12.0. The number of likely N-dealkylation sites (N-methyl/N-ethyl adjacent to an activating group) is 1. The van der Waals surface area contributed by atoms with Gasteiger partial charge in [-0.15, -0.1) is 11.3 Å². The summed E-state index contributed by atoms with van der Waals surface area (Å²) < 4.78 is 4.94. The van der Waals surface area contributed by atoms with Gasteiger partial charge in [0.15, 0.2) is 0 Å². The Hall–Kier alpha value is -2.43. The highest BCUT2D eigenvalue weighted by Crippen LogP contribution is 2.33. The van der Waals surface area contributed by atoms with E-state index in [1.165, 1.54) is 34.4 Å². The zero-order chi connectivity index (χ0) is 21.4. The first-order chi connectivity index (χ1) is 14.5. The van der Waals surface area contributed by atoms with E-state index in [9.17, 15) is 9.59 Å². The van der Waals surface area contributed by atoms with Gasteiger partial charge >= 0.3 is 5.13 Å². The highest BCUT2D eigenvalue weighted by atomic mass is 32.2. The van der Waals surface area contributed by atoms with Crippen LogP contribution in [0.25, 0.3) is 10.6 Å². The topological polar surface area (TPSA) is 61.8 Å². The van der Waals surface area contributed by atoms with Crippen molar-refractivity contribution in [1.82, 2.24) is 14.4 Å². The summed E-state index contributed by atoms with van der Waals surface area (Å²) in [6.45, 7) is 4.87. The predicted octanol–water partition coefficient (Wildman–Crippen LogP) is 1.33. The lowest BCUT2D eigenvalue weighted by molar-refractivity contribution is -0.653. The minimum atomic E-state index is -0.104. The number of aliphatic imine (C=N–C) groups is 1. The highest BCUT2D eigenvalue weighted by molar-refractivity contribution is 8.23. The van der Waals surface area contributed by atoms with Crippen molar-refractivity contribution in [3.05, 3.63) is 55.6 Å². The largest absolute Gasteiger partial charge is 0.384 e. The fourth-order valence-corrected chi connectivity index (χ4v) is 6.48. The minimum Gasteiger partial charge on any atom is -0.350 e. The molecule has 0 unspecified atom stereocenters. The lowest BCUT2D eigenvalue weighted by atomic mass is 10.3. The van der Waals surface area contributed by atoms with E-state index in [1.807, 2.05) is 73.4 Å². The minimum absolute atomic E-state index is 0.0710. The van der Waals surface area contributed by atoms with Gasteiger partial charge in [-0.2, -0.15) is 0 Å². The van der Waals surface area contributed by atoms with Gasteiger partial charge in [0, 0.05) is 31.7 Å². The van der Waals surface area contributed by atoms with E-state index in [-0.39, 0.29) is 11.5 Å². The number of thioether (sulfide) groups is 1. The van der Waals surface area contributed by atoms with Crippen LogP contribution in [-0.2, 0) is 18.4 Å². The monoisotopic (exact) mass is 460 g/mol. The van der Waals surface area contributed by atoms with Crippen LogP contribution in [0.15, 0.2) is 45.8 Å². The fourth-order valence-electron chi connectivity index (χ4n) is 3.20. The van der Waals surface area contributed by atoms with Gasteiger partial charge in [-0.25, -0.2) is 4.57 Å². The second-order valence-corrected chi connectivity index (χ2v) is 9.50. The number of rotatable bonds is 3. The molecule has 2 aromatic rings. The van der Waals surface area contributed by atoms with Crippen LogP contribution >= 0.6 is 34.4 Å². The van der Waals surface area contributed by atoms with Crippen molar-refractivity contribution in [2.24, 2.45) is 12.0 Å². The third-order valence-electron chi connectivity index (χ3n) is 4.81. The molecule has 0 saturated carbocycles. The van der Waals surface area contributed by atoms with Crippen LogP contribution in [0.2, 0.25) is 0 Å². The van der Waals surface area contributed by atoms with Crippen LogP contribution in [0.4, 0.5) is 5.13 Å². The molecule has 1 amide bonds. The molecule has 30 heavy (non-hydrogen) atoms. The summed E-state index contributed by atoms with van der Waals surface area (Å²) in [5, 5.41) is 3.42. The summed E-state index contributed by atoms with van der Waals surface area (Å²) in [6.07, 6.45) is 9.61. The van der Waals surface area contributed by atoms with Crippen LogP contribution in [0.5, 0.6) is 0 Å². The van der Waals surface area contributed by atoms with Gasteiger partial charge in [0.05, 0.1) is 12.7 Å². The molecule has 0 bridgehead atoms. The molecule has 7 nitrogen and oxygen atoms in total. The Kier molecular flexibility index (Phi) is 5.81. The number of amides is 1. The number of aryl methyl sites for hydroxylation is 1. The van der Waals surface area contributed by atoms with E-state index in [0.717, 1.165) is 10.8 Å². The van der Waals surface area contributed by atoms with E-state index in [4.69, 9.17) is 4.99 Å². The van der Waals surface area contributed by atoms with Gasteiger partial charge < -0.3 is 4.90 Å². The highest BCUT2D eigenvalue weighted by Gasteiger charge is 2.38. The van der Waals surface area contributed by atoms with Crippen molar-refractivity contribution in [3.8, 4) is 0 Å². The zero-order valence-corrected chi connectivity index (χ0v) is 19.6. The normalized spacial score (nSPS) is 21.5. The first-order valence-electron chi connectivity index (χ1n) is 9.53. The zero-order valence-electron chi connectivity index (χ0n) is 17.2. The van der Waals surface area contributed by atoms with Crippen LogP contribution in [-0.4, -0.2) is 39.0 Å². The molecule has 2 aliphatic rings. The van der Waals surface area contributed by atoms with Gasteiger partial charge in [0.25, 0.3) is 16.6 Å². The van der Waals surface area contributed by atoms with Crippen LogP contribution in [0.3, 0.4) is 0 Å².